The van der Waals surface area contributed by atoms with Gasteiger partial charge in [-0.05, 0) is 110 Å². The van der Waals surface area contributed by atoms with E-state index in [0.29, 0.717) is 35.1 Å². The van der Waals surface area contributed by atoms with E-state index >= 15 is 0 Å². The molecule has 0 saturated carbocycles. The van der Waals surface area contributed by atoms with Gasteiger partial charge >= 0.3 is 17.9 Å². The van der Waals surface area contributed by atoms with Crippen LogP contribution in [0.15, 0.2) is 119 Å². The molecular weight excluding hydrogens is 1310 g/mol. The van der Waals surface area contributed by atoms with Crippen molar-refractivity contribution in [3.8, 4) is 11.5 Å². The molecular formula is C67H93N17O17. The fraction of sp³-hybridized carbons (Fsp3) is 0.433. The summed E-state index contributed by atoms with van der Waals surface area (Å²) in [6.45, 7) is 3.06. The molecule has 10 atom stereocenters. The Morgan fingerprint density at radius 3 is 1.07 bits per heavy atom. The first kappa shape index (κ1) is 82.0. The van der Waals surface area contributed by atoms with Crippen molar-refractivity contribution in [3.63, 3.8) is 0 Å². The number of hydrogen-bond donors (Lipinski definition) is 20. The minimum atomic E-state index is -2.02. The van der Waals surface area contributed by atoms with Crippen molar-refractivity contribution >= 4 is 83.0 Å². The van der Waals surface area contributed by atoms with Gasteiger partial charge in [-0.15, -0.1) is 0 Å². The number of nitrogens with one attached hydrogen (secondary N) is 9. The molecule has 548 valence electrons. The molecule has 0 aromatic heterocycles. The lowest BCUT2D eigenvalue weighted by molar-refractivity contribution is -0.143. The Morgan fingerprint density at radius 2 is 0.693 bits per heavy atom. The maximum atomic E-state index is 14.7. The number of carbonyl (C=O) groups is 12. The lowest BCUT2D eigenvalue weighted by Crippen LogP contribution is -2.62. The maximum absolute atomic E-state index is 14.7. The van der Waals surface area contributed by atoms with Crippen LogP contribution in [0.2, 0.25) is 0 Å². The van der Waals surface area contributed by atoms with Gasteiger partial charge in [0, 0.05) is 32.4 Å². The summed E-state index contributed by atoms with van der Waals surface area (Å²) in [5.41, 5.74) is 35.8. The van der Waals surface area contributed by atoms with Crippen LogP contribution >= 0.6 is 0 Å². The van der Waals surface area contributed by atoms with E-state index < -0.39 is 157 Å². The van der Waals surface area contributed by atoms with Crippen LogP contribution < -0.4 is 82.3 Å². The van der Waals surface area contributed by atoms with Crippen LogP contribution in [-0.2, 0) is 83.2 Å². The summed E-state index contributed by atoms with van der Waals surface area (Å²) >= 11 is 0. The van der Waals surface area contributed by atoms with Crippen LogP contribution in [0, 0.1) is 5.92 Å². The van der Waals surface area contributed by atoms with Crippen LogP contribution in [0.25, 0.3) is 0 Å². The molecule has 0 radical (unpaired) electrons. The molecule has 0 bridgehead atoms. The highest BCUT2D eigenvalue weighted by atomic mass is 16.4. The second-order valence-electron chi connectivity index (χ2n) is 24.2. The van der Waals surface area contributed by atoms with E-state index in [9.17, 15) is 83.1 Å². The normalized spacial score (nSPS) is 13.9. The zero-order chi connectivity index (χ0) is 74.7. The monoisotopic (exact) mass is 1410 g/mol. The van der Waals surface area contributed by atoms with Crippen LogP contribution in [-0.4, -0.2) is 189 Å². The van der Waals surface area contributed by atoms with Crippen molar-refractivity contribution in [1.29, 1.82) is 0 Å². The maximum Gasteiger partial charge on any atom is 0.326 e. The van der Waals surface area contributed by atoms with Crippen molar-refractivity contribution in [2.24, 2.45) is 50.3 Å². The van der Waals surface area contributed by atoms with Gasteiger partial charge in [-0.2, -0.15) is 0 Å². The second-order valence-corrected chi connectivity index (χ2v) is 24.2. The predicted molar refractivity (Wildman–Crippen MR) is 369 cm³/mol. The van der Waals surface area contributed by atoms with Gasteiger partial charge in [0.2, 0.25) is 53.2 Å². The summed E-state index contributed by atoms with van der Waals surface area (Å²) in [5.74, 6) is -15.9. The summed E-state index contributed by atoms with van der Waals surface area (Å²) < 4.78 is 0. The summed E-state index contributed by atoms with van der Waals surface area (Å²) in [4.78, 5) is 174. The lowest BCUT2D eigenvalue weighted by Gasteiger charge is -2.29. The Balaban J connectivity index is 1.66. The minimum absolute atomic E-state index is 0.00555. The molecule has 0 aliphatic carbocycles. The van der Waals surface area contributed by atoms with E-state index in [1.165, 1.54) is 62.4 Å². The Morgan fingerprint density at radius 1 is 0.376 bits per heavy atom. The average Bonchev–Trinajstić information content (AvgIpc) is 0.856. The third kappa shape index (κ3) is 30.5. The van der Waals surface area contributed by atoms with Crippen molar-refractivity contribution in [1.82, 2.24) is 47.9 Å². The van der Waals surface area contributed by atoms with Gasteiger partial charge in [0.25, 0.3) is 0 Å². The minimum Gasteiger partial charge on any atom is -0.508 e. The number of amides is 9. The highest BCUT2D eigenvalue weighted by Gasteiger charge is 2.38. The Labute approximate surface area is 582 Å². The molecule has 9 amide bonds. The molecule has 0 saturated heterocycles. The summed E-state index contributed by atoms with van der Waals surface area (Å²) in [6.07, 6.45) is -2.64. The fourth-order valence-corrected chi connectivity index (χ4v) is 10.2. The topological polar surface area (TPSA) is 595 Å². The molecule has 26 N–H and O–H groups in total. The molecule has 0 aliphatic rings. The first-order valence-electron chi connectivity index (χ1n) is 32.5. The number of unbranched alkanes of at least 4 members (excludes halogenated alkanes) is 1. The SMILES string of the molecule is CC(C)[C@H](NC(=O)[C@H](Cc1ccc(O)cc1)NC(=O)[C@H](CC(=O)O)NC(=O)[C@H](CCCN=C(N)N)NC(=O)[C@@H](N)Cc1ccccc1)C(=O)N[C@@H](CC(=O)O)C(=O)N[C@@H](CCCN=C(N)N)C(=O)N[C@@H](Cc1ccccc1)C(=O)N[C@@H](Cc1ccc(O)cc1)C(=O)N[C@@H](CCCCN)C(=O)O. The molecule has 4 aromatic rings. The van der Waals surface area contributed by atoms with Gasteiger partial charge in [0.05, 0.1) is 18.9 Å². The van der Waals surface area contributed by atoms with Gasteiger partial charge in [-0.3, -0.25) is 62.7 Å². The number of carbonyl (C=O) groups excluding carboxylic acids is 9. The number of phenolic OH excluding ortho intramolecular Hbond substituents is 2. The van der Waals surface area contributed by atoms with Crippen molar-refractivity contribution in [2.75, 3.05) is 19.6 Å². The number of aromatic hydroxyl groups is 2. The van der Waals surface area contributed by atoms with E-state index in [0.717, 1.165) is 0 Å². The Kier molecular flexibility index (Phi) is 34.4. The van der Waals surface area contributed by atoms with Gasteiger partial charge in [0.1, 0.15) is 65.9 Å². The summed E-state index contributed by atoms with van der Waals surface area (Å²) in [7, 11) is 0. The number of nitrogens with two attached hydrogens (primary N) is 6. The third-order valence-electron chi connectivity index (χ3n) is 15.6. The summed E-state index contributed by atoms with van der Waals surface area (Å²) in [5, 5.41) is 72.6. The number of benzene rings is 4. The van der Waals surface area contributed by atoms with Crippen LogP contribution in [0.4, 0.5) is 0 Å². The van der Waals surface area contributed by atoms with E-state index in [1.54, 1.807) is 60.7 Å². The van der Waals surface area contributed by atoms with Crippen molar-refractivity contribution in [2.45, 2.75) is 158 Å². The van der Waals surface area contributed by atoms with Gasteiger partial charge in [0.15, 0.2) is 11.9 Å². The molecule has 0 spiro atoms. The fourth-order valence-electron chi connectivity index (χ4n) is 10.2. The number of aliphatic carboxylic acids is 3. The number of aliphatic imine (C=N–C) groups is 2. The zero-order valence-corrected chi connectivity index (χ0v) is 56.1. The lowest BCUT2D eigenvalue weighted by atomic mass is 9.99. The predicted octanol–water partition coefficient (Wildman–Crippen LogP) is -3.01. The quantitative estimate of drug-likeness (QED) is 0.0119. The van der Waals surface area contributed by atoms with E-state index in [1.807, 2.05) is 0 Å². The molecule has 4 aromatic carbocycles. The highest BCUT2D eigenvalue weighted by Crippen LogP contribution is 2.17. The molecule has 101 heavy (non-hydrogen) atoms. The van der Waals surface area contributed by atoms with Gasteiger partial charge < -0.3 is 108 Å². The number of hydrogen-bond acceptors (Lipinski definition) is 18. The Bertz CT molecular complexity index is 3490. The largest absolute Gasteiger partial charge is 0.508 e. The molecule has 34 heteroatoms. The van der Waals surface area contributed by atoms with E-state index in [-0.39, 0.29) is 94.4 Å². The molecule has 34 nitrogen and oxygen atoms in total. The molecule has 0 aliphatic heterocycles. The standard InChI is InChI=1S/C67H93N17O17/c1-37(2)55(84-63(98)50(34-41-22-26-43(86)27-23-41)81-62(97)51(35-53(87)88)82-57(92)45(18-11-29-74-66(70)71)76-56(91)44(69)31-38-13-5-3-6-14-38)64(99)83-52(36-54(89)90)61(96)77-46(19-12-30-75-67(72)73)58(93)79-48(32-39-15-7-4-8-16-39)60(95)80-49(33-40-20-24-42(85)25-21-40)59(94)78-47(65(100)101)17-9-10-28-68/h3-8,13-16,20-27,37,44-52,55,85-86H,9-12,17-19,28-36,68-69H2,1-2H3,(H,76,91)(H,77,96)(H,78,94)(H,79,93)(H,80,95)(H,81,97)(H,82,92)(H,83,99)(H,84,98)(H,87,88)(H,89,90)(H,100,101)(H4,70,71,74)(H4,72,73,75)/t44-,45-,46-,47-,48-,49-,50-,51-,52-,55-/m0/s1. The molecule has 0 unspecified atom stereocenters. The number of carboxylic acid groups (broad SMARTS) is 3. The number of phenols is 2. The van der Waals surface area contributed by atoms with E-state index in [2.05, 4.69) is 57.8 Å². The van der Waals surface area contributed by atoms with Crippen molar-refractivity contribution < 1.29 is 83.1 Å². The summed E-state index contributed by atoms with van der Waals surface area (Å²) in [6, 6.07) is 11.8. The first-order chi connectivity index (χ1) is 47.9. The van der Waals surface area contributed by atoms with Crippen LogP contribution in [0.5, 0.6) is 11.5 Å². The Hall–Kier alpha value is -11.4. The van der Waals surface area contributed by atoms with Gasteiger partial charge in [-0.1, -0.05) is 98.8 Å². The number of guanidine groups is 2. The zero-order valence-electron chi connectivity index (χ0n) is 56.1. The van der Waals surface area contributed by atoms with Crippen molar-refractivity contribution in [3.05, 3.63) is 131 Å². The van der Waals surface area contributed by atoms with Crippen LogP contribution in [0.3, 0.4) is 0 Å². The molecule has 0 heterocycles. The number of nitrogens with zero attached hydrogens (tertiary/aromatic N) is 2. The van der Waals surface area contributed by atoms with Gasteiger partial charge in [-0.25, -0.2) is 4.79 Å². The average molecular weight is 1410 g/mol. The second kappa shape index (κ2) is 42.4. The smallest absolute Gasteiger partial charge is 0.326 e. The number of rotatable bonds is 44. The third-order valence-corrected chi connectivity index (χ3v) is 15.6. The van der Waals surface area contributed by atoms with Crippen LogP contribution in [0.1, 0.15) is 93.9 Å². The van der Waals surface area contributed by atoms with E-state index in [4.69, 9.17) is 34.4 Å². The molecule has 4 rings (SSSR count). The highest BCUT2D eigenvalue weighted by molar-refractivity contribution is 6.00. The molecule has 0 fully saturated rings. The number of carboxylic acids is 3. The first-order valence-corrected chi connectivity index (χ1v) is 32.5.